The van der Waals surface area contributed by atoms with Gasteiger partial charge < -0.3 is 4.74 Å². The second-order valence-corrected chi connectivity index (χ2v) is 5.98. The Morgan fingerprint density at radius 1 is 1.32 bits per heavy atom. The van der Waals surface area contributed by atoms with Crippen molar-refractivity contribution < 1.29 is 9.53 Å². The fourth-order valence-electron chi connectivity index (χ4n) is 1.75. The van der Waals surface area contributed by atoms with Crippen LogP contribution in [0.2, 0.25) is 10.0 Å². The minimum absolute atomic E-state index is 0.329. The Morgan fingerprint density at radius 3 is 2.77 bits per heavy atom. The molecule has 0 heterocycles. The largest absolute Gasteiger partial charge is 0.495 e. The fraction of sp³-hybridized carbons (Fsp3) is 0.0667. The quantitative estimate of drug-likeness (QED) is 0.604. The number of halogens is 3. The lowest BCUT2D eigenvalue weighted by Crippen LogP contribution is -2.17. The van der Waals surface area contributed by atoms with Crippen LogP contribution in [-0.2, 0) is 0 Å². The molecule has 2 rings (SSSR count). The van der Waals surface area contributed by atoms with Gasteiger partial charge in [-0.2, -0.15) is 5.10 Å². The maximum Gasteiger partial charge on any atom is 0.271 e. The van der Waals surface area contributed by atoms with E-state index in [1.54, 1.807) is 30.3 Å². The van der Waals surface area contributed by atoms with E-state index in [9.17, 15) is 4.79 Å². The zero-order chi connectivity index (χ0) is 16.1. The van der Waals surface area contributed by atoms with Crippen LogP contribution in [0.3, 0.4) is 0 Å². The van der Waals surface area contributed by atoms with Gasteiger partial charge in [0.05, 0.1) is 18.3 Å². The summed E-state index contributed by atoms with van der Waals surface area (Å²) in [7, 11) is 1.49. The highest BCUT2D eigenvalue weighted by Crippen LogP contribution is 2.31. The number of hydrogen-bond acceptors (Lipinski definition) is 3. The van der Waals surface area contributed by atoms with Gasteiger partial charge >= 0.3 is 0 Å². The lowest BCUT2D eigenvalue weighted by atomic mass is 10.2. The number of carbonyl (C=O) groups excluding carboxylic acids is 1. The molecule has 0 fully saturated rings. The van der Waals surface area contributed by atoms with E-state index in [4.69, 9.17) is 27.9 Å². The van der Waals surface area contributed by atoms with E-state index >= 15 is 0 Å². The van der Waals surface area contributed by atoms with Crippen molar-refractivity contribution in [3.8, 4) is 5.75 Å². The van der Waals surface area contributed by atoms with Crippen LogP contribution >= 0.6 is 39.1 Å². The van der Waals surface area contributed by atoms with Crippen molar-refractivity contribution in [2.75, 3.05) is 7.11 Å². The van der Waals surface area contributed by atoms with Crippen LogP contribution < -0.4 is 10.2 Å². The summed E-state index contributed by atoms with van der Waals surface area (Å²) in [6, 6.07) is 10.2. The number of amides is 1. The van der Waals surface area contributed by atoms with Crippen molar-refractivity contribution in [2.24, 2.45) is 5.10 Å². The van der Waals surface area contributed by atoms with Crippen molar-refractivity contribution >= 4 is 51.3 Å². The molecular formula is C15H11BrCl2N2O2. The molecule has 0 aliphatic carbocycles. The molecule has 0 bridgehead atoms. The number of nitrogens with one attached hydrogen (secondary N) is 1. The second kappa shape index (κ2) is 7.63. The Hall–Kier alpha value is -1.56. The summed E-state index contributed by atoms with van der Waals surface area (Å²) in [6.07, 6.45) is 1.42. The van der Waals surface area contributed by atoms with Gasteiger partial charge in [0.15, 0.2) is 0 Å². The molecule has 0 spiro atoms. The summed E-state index contributed by atoms with van der Waals surface area (Å²) in [6.45, 7) is 0. The van der Waals surface area contributed by atoms with Gasteiger partial charge in [-0.3, -0.25) is 4.79 Å². The first-order valence-electron chi connectivity index (χ1n) is 6.13. The average Bonchev–Trinajstić information content (AvgIpc) is 2.46. The predicted molar refractivity (Wildman–Crippen MR) is 92.2 cm³/mol. The summed E-state index contributed by atoms with van der Waals surface area (Å²) in [5.74, 6) is 0.108. The molecule has 0 aliphatic heterocycles. The Kier molecular flexibility index (Phi) is 5.83. The third-order valence-corrected chi connectivity index (χ3v) is 3.69. The van der Waals surface area contributed by atoms with Crippen LogP contribution in [0.4, 0.5) is 0 Å². The van der Waals surface area contributed by atoms with Crippen molar-refractivity contribution in [1.29, 1.82) is 0 Å². The van der Waals surface area contributed by atoms with Gasteiger partial charge in [0.25, 0.3) is 5.91 Å². The van der Waals surface area contributed by atoms with E-state index in [1.807, 2.05) is 6.07 Å². The number of carbonyl (C=O) groups is 1. The number of nitrogens with zero attached hydrogens (tertiary/aromatic N) is 1. The highest BCUT2D eigenvalue weighted by Gasteiger charge is 2.08. The molecule has 0 aliphatic rings. The average molecular weight is 402 g/mol. The number of methoxy groups -OCH3 is 1. The van der Waals surface area contributed by atoms with Crippen LogP contribution in [-0.4, -0.2) is 19.2 Å². The van der Waals surface area contributed by atoms with Crippen LogP contribution in [0, 0.1) is 0 Å². The van der Waals surface area contributed by atoms with E-state index in [-0.39, 0.29) is 5.91 Å². The van der Waals surface area contributed by atoms with Gasteiger partial charge in [0.1, 0.15) is 5.75 Å². The number of benzene rings is 2. The molecule has 0 saturated carbocycles. The Balaban J connectivity index is 2.14. The smallest absolute Gasteiger partial charge is 0.271 e. The van der Waals surface area contributed by atoms with Gasteiger partial charge in [-0.25, -0.2) is 5.43 Å². The van der Waals surface area contributed by atoms with Gasteiger partial charge in [-0.1, -0.05) is 45.2 Å². The fourth-order valence-corrected chi connectivity index (χ4v) is 2.73. The Labute approximate surface area is 146 Å². The molecular weight excluding hydrogens is 391 g/mol. The highest BCUT2D eigenvalue weighted by molar-refractivity contribution is 9.10. The van der Waals surface area contributed by atoms with Gasteiger partial charge in [-0.05, 0) is 30.3 Å². The topological polar surface area (TPSA) is 50.7 Å². The molecule has 0 unspecified atom stereocenters. The molecule has 2 aromatic carbocycles. The molecule has 4 nitrogen and oxygen atoms in total. The van der Waals surface area contributed by atoms with E-state index < -0.39 is 0 Å². The summed E-state index contributed by atoms with van der Waals surface area (Å²) >= 11 is 15.3. The summed E-state index contributed by atoms with van der Waals surface area (Å²) in [5, 5.41) is 4.72. The second-order valence-electron chi connectivity index (χ2n) is 4.22. The molecule has 2 aromatic rings. The maximum atomic E-state index is 11.9. The highest BCUT2D eigenvalue weighted by atomic mass is 79.9. The molecule has 22 heavy (non-hydrogen) atoms. The predicted octanol–water partition coefficient (Wildman–Crippen LogP) is 4.53. The SMILES string of the molecule is COc1c(Cl)cc(Cl)cc1/C=N/NC(=O)c1cccc(Br)c1. The van der Waals surface area contributed by atoms with E-state index in [2.05, 4.69) is 26.5 Å². The molecule has 1 N–H and O–H groups in total. The molecule has 0 aromatic heterocycles. The molecule has 1 amide bonds. The zero-order valence-electron chi connectivity index (χ0n) is 11.4. The number of rotatable bonds is 4. The van der Waals surface area contributed by atoms with Crippen molar-refractivity contribution in [3.63, 3.8) is 0 Å². The molecule has 7 heteroatoms. The lowest BCUT2D eigenvalue weighted by molar-refractivity contribution is 0.0955. The van der Waals surface area contributed by atoms with Crippen molar-refractivity contribution in [2.45, 2.75) is 0 Å². The summed E-state index contributed by atoms with van der Waals surface area (Å²) in [4.78, 5) is 11.9. The number of hydrazone groups is 1. The maximum absolute atomic E-state index is 11.9. The molecule has 0 radical (unpaired) electrons. The number of hydrogen-bond donors (Lipinski definition) is 1. The molecule has 0 atom stereocenters. The number of ether oxygens (including phenoxy) is 1. The van der Waals surface area contributed by atoms with Crippen molar-refractivity contribution in [3.05, 3.63) is 62.0 Å². The van der Waals surface area contributed by atoms with Gasteiger partial charge in [0.2, 0.25) is 0 Å². The van der Waals surface area contributed by atoms with Crippen LogP contribution in [0.5, 0.6) is 5.75 Å². The van der Waals surface area contributed by atoms with Crippen molar-refractivity contribution in [1.82, 2.24) is 5.43 Å². The zero-order valence-corrected chi connectivity index (χ0v) is 14.5. The monoisotopic (exact) mass is 400 g/mol. The van der Waals surface area contributed by atoms with Gasteiger partial charge in [0, 0.05) is 20.6 Å². The normalized spacial score (nSPS) is 10.7. The van der Waals surface area contributed by atoms with Crippen LogP contribution in [0.25, 0.3) is 0 Å². The standard InChI is InChI=1S/C15H11BrCl2N2O2/c1-22-14-10(6-12(17)7-13(14)18)8-19-20-15(21)9-3-2-4-11(16)5-9/h2-8H,1H3,(H,20,21)/b19-8+. The molecule has 0 saturated heterocycles. The molecule has 114 valence electrons. The van der Waals surface area contributed by atoms with E-state index in [0.717, 1.165) is 4.47 Å². The van der Waals surface area contributed by atoms with Gasteiger partial charge in [-0.15, -0.1) is 0 Å². The third kappa shape index (κ3) is 4.22. The van der Waals surface area contributed by atoms with E-state index in [0.29, 0.717) is 26.9 Å². The first-order chi connectivity index (χ1) is 10.5. The minimum atomic E-state index is -0.329. The Morgan fingerprint density at radius 2 is 2.09 bits per heavy atom. The third-order valence-electron chi connectivity index (χ3n) is 2.70. The first kappa shape index (κ1) is 16.8. The minimum Gasteiger partial charge on any atom is -0.495 e. The Bertz CT molecular complexity index is 735. The van der Waals surface area contributed by atoms with Crippen LogP contribution in [0.15, 0.2) is 46.0 Å². The first-order valence-corrected chi connectivity index (χ1v) is 7.68. The lowest BCUT2D eigenvalue weighted by Gasteiger charge is -2.07. The van der Waals surface area contributed by atoms with E-state index in [1.165, 1.54) is 13.3 Å². The summed E-state index contributed by atoms with van der Waals surface area (Å²) in [5.41, 5.74) is 3.49. The summed E-state index contributed by atoms with van der Waals surface area (Å²) < 4.78 is 6.00. The van der Waals surface area contributed by atoms with Crippen LogP contribution in [0.1, 0.15) is 15.9 Å².